The Kier molecular flexibility index (Phi) is 4.36. The maximum Gasteiger partial charge on any atom is 0.309 e. The fourth-order valence-electron chi connectivity index (χ4n) is 2.04. The minimum Gasteiger partial charge on any atom is -0.466 e. The zero-order valence-electron chi connectivity index (χ0n) is 10.3. The maximum atomic E-state index is 11.6. The highest BCUT2D eigenvalue weighted by Crippen LogP contribution is 2.21. The number of carbonyl (C=O) groups excluding carboxylic acids is 1. The zero-order valence-corrected chi connectivity index (χ0v) is 11.1. The summed E-state index contributed by atoms with van der Waals surface area (Å²) in [6.45, 7) is 3.81. The van der Waals surface area contributed by atoms with E-state index in [1.807, 2.05) is 6.92 Å². The normalized spacial score (nSPS) is 16.7. The van der Waals surface area contributed by atoms with E-state index < -0.39 is 0 Å². The number of piperidine rings is 1. The van der Waals surface area contributed by atoms with Crippen molar-refractivity contribution in [3.8, 4) is 0 Å². The van der Waals surface area contributed by atoms with Crippen LogP contribution in [0.3, 0.4) is 0 Å². The molecule has 1 saturated heterocycles. The lowest BCUT2D eigenvalue weighted by Crippen LogP contribution is -2.37. The number of nitrogens with zero attached hydrogens (tertiary/aromatic N) is 3. The highest BCUT2D eigenvalue weighted by atomic mass is 35.5. The summed E-state index contributed by atoms with van der Waals surface area (Å²) in [5, 5.41) is 0.528. The second-order valence-electron chi connectivity index (χ2n) is 4.21. The van der Waals surface area contributed by atoms with Crippen LogP contribution in [0, 0.1) is 5.92 Å². The predicted molar refractivity (Wildman–Crippen MR) is 68.6 cm³/mol. The van der Waals surface area contributed by atoms with Crippen LogP contribution in [0.25, 0.3) is 0 Å². The van der Waals surface area contributed by atoms with Crippen LogP contribution in [0.5, 0.6) is 0 Å². The minimum absolute atomic E-state index is 0.00787. The molecule has 0 aliphatic carbocycles. The largest absolute Gasteiger partial charge is 0.466 e. The number of ether oxygens (including phenoxy) is 1. The van der Waals surface area contributed by atoms with Crippen LogP contribution in [-0.2, 0) is 9.53 Å². The predicted octanol–water partition coefficient (Wildman–Crippen LogP) is 1.91. The molecule has 1 aromatic rings. The van der Waals surface area contributed by atoms with Gasteiger partial charge in [0.1, 0.15) is 0 Å². The summed E-state index contributed by atoms with van der Waals surface area (Å²) in [7, 11) is 0. The molecular formula is C12H16ClN3O2. The van der Waals surface area contributed by atoms with E-state index in [-0.39, 0.29) is 11.9 Å². The Bertz CT molecular complexity index is 402. The average Bonchev–Trinajstić information content (AvgIpc) is 2.40. The number of aromatic nitrogens is 2. The van der Waals surface area contributed by atoms with Crippen molar-refractivity contribution in [1.82, 2.24) is 9.97 Å². The number of halogens is 1. The third-order valence-electron chi connectivity index (χ3n) is 3.00. The summed E-state index contributed by atoms with van der Waals surface area (Å²) < 4.78 is 5.03. The Morgan fingerprint density at radius 1 is 1.44 bits per heavy atom. The van der Waals surface area contributed by atoms with Crippen LogP contribution in [0.1, 0.15) is 19.8 Å². The highest BCUT2D eigenvalue weighted by molar-refractivity contribution is 6.30. The van der Waals surface area contributed by atoms with Crippen LogP contribution < -0.4 is 4.90 Å². The van der Waals surface area contributed by atoms with E-state index in [1.54, 1.807) is 12.4 Å². The average molecular weight is 270 g/mol. The number of carbonyl (C=O) groups is 1. The number of rotatable bonds is 3. The first-order chi connectivity index (χ1) is 8.70. The van der Waals surface area contributed by atoms with Gasteiger partial charge in [0.15, 0.2) is 0 Å². The van der Waals surface area contributed by atoms with Crippen molar-refractivity contribution in [2.45, 2.75) is 19.8 Å². The van der Waals surface area contributed by atoms with Gasteiger partial charge in [0, 0.05) is 13.1 Å². The molecule has 18 heavy (non-hydrogen) atoms. The number of hydrogen-bond acceptors (Lipinski definition) is 5. The van der Waals surface area contributed by atoms with Crippen LogP contribution in [0.2, 0.25) is 5.02 Å². The van der Waals surface area contributed by atoms with Gasteiger partial charge in [-0.25, -0.2) is 9.97 Å². The quantitative estimate of drug-likeness (QED) is 0.785. The van der Waals surface area contributed by atoms with Crippen molar-refractivity contribution < 1.29 is 9.53 Å². The zero-order chi connectivity index (χ0) is 13.0. The van der Waals surface area contributed by atoms with Crippen molar-refractivity contribution in [3.05, 3.63) is 17.4 Å². The highest BCUT2D eigenvalue weighted by Gasteiger charge is 2.26. The van der Waals surface area contributed by atoms with Crippen molar-refractivity contribution >= 4 is 23.5 Å². The van der Waals surface area contributed by atoms with E-state index in [4.69, 9.17) is 16.3 Å². The van der Waals surface area contributed by atoms with E-state index in [9.17, 15) is 4.79 Å². The fraction of sp³-hybridized carbons (Fsp3) is 0.583. The molecule has 2 heterocycles. The molecule has 0 unspecified atom stereocenters. The molecule has 2 rings (SSSR count). The van der Waals surface area contributed by atoms with Crippen molar-refractivity contribution in [2.24, 2.45) is 5.92 Å². The SMILES string of the molecule is CCOC(=O)C1CCN(c2ncc(Cl)cn2)CC1. The van der Waals surface area contributed by atoms with Gasteiger partial charge in [0.05, 0.1) is 29.9 Å². The summed E-state index contributed by atoms with van der Waals surface area (Å²) in [5.41, 5.74) is 0. The van der Waals surface area contributed by atoms with E-state index in [0.717, 1.165) is 25.9 Å². The van der Waals surface area contributed by atoms with Gasteiger partial charge in [-0.05, 0) is 19.8 Å². The van der Waals surface area contributed by atoms with Crippen molar-refractivity contribution in [1.29, 1.82) is 0 Å². The molecule has 0 bridgehead atoms. The van der Waals surface area contributed by atoms with Crippen LogP contribution in [0.15, 0.2) is 12.4 Å². The van der Waals surface area contributed by atoms with Crippen LogP contribution >= 0.6 is 11.6 Å². The first-order valence-corrected chi connectivity index (χ1v) is 6.47. The first kappa shape index (κ1) is 13.1. The third-order valence-corrected chi connectivity index (χ3v) is 3.20. The van der Waals surface area contributed by atoms with Gasteiger partial charge in [-0.15, -0.1) is 0 Å². The lowest BCUT2D eigenvalue weighted by atomic mass is 9.97. The molecule has 1 aliphatic heterocycles. The molecule has 6 heteroatoms. The molecule has 1 aliphatic rings. The Balaban J connectivity index is 1.90. The fourth-order valence-corrected chi connectivity index (χ4v) is 2.14. The second kappa shape index (κ2) is 6.00. The summed E-state index contributed by atoms with van der Waals surface area (Å²) in [5.74, 6) is 0.587. The van der Waals surface area contributed by atoms with Crippen molar-refractivity contribution in [3.63, 3.8) is 0 Å². The third kappa shape index (κ3) is 3.10. The van der Waals surface area contributed by atoms with E-state index in [1.165, 1.54) is 0 Å². The summed E-state index contributed by atoms with van der Waals surface area (Å²) in [6, 6.07) is 0. The molecule has 1 aromatic heterocycles. The van der Waals surface area contributed by atoms with Gasteiger partial charge in [0.2, 0.25) is 5.95 Å². The molecular weight excluding hydrogens is 254 g/mol. The van der Waals surface area contributed by atoms with Crippen LogP contribution in [-0.4, -0.2) is 35.6 Å². The smallest absolute Gasteiger partial charge is 0.309 e. The maximum absolute atomic E-state index is 11.6. The molecule has 0 saturated carbocycles. The van der Waals surface area contributed by atoms with E-state index in [0.29, 0.717) is 17.6 Å². The van der Waals surface area contributed by atoms with Gasteiger partial charge in [0.25, 0.3) is 0 Å². The molecule has 5 nitrogen and oxygen atoms in total. The molecule has 0 N–H and O–H groups in total. The Labute approximate surface area is 111 Å². The Morgan fingerprint density at radius 3 is 2.61 bits per heavy atom. The lowest BCUT2D eigenvalue weighted by Gasteiger charge is -2.30. The molecule has 1 fully saturated rings. The lowest BCUT2D eigenvalue weighted by molar-refractivity contribution is -0.148. The second-order valence-corrected chi connectivity index (χ2v) is 4.65. The summed E-state index contributed by atoms with van der Waals surface area (Å²) in [6.07, 6.45) is 4.73. The van der Waals surface area contributed by atoms with Crippen LogP contribution in [0.4, 0.5) is 5.95 Å². The minimum atomic E-state index is -0.0887. The molecule has 98 valence electrons. The van der Waals surface area contributed by atoms with Crippen molar-refractivity contribution in [2.75, 3.05) is 24.6 Å². The van der Waals surface area contributed by atoms with E-state index >= 15 is 0 Å². The topological polar surface area (TPSA) is 55.3 Å². The molecule has 0 aromatic carbocycles. The number of anilines is 1. The standard InChI is InChI=1S/C12H16ClN3O2/c1-2-18-11(17)9-3-5-16(6-4-9)12-14-7-10(13)8-15-12/h7-9H,2-6H2,1H3. The summed E-state index contributed by atoms with van der Waals surface area (Å²) in [4.78, 5) is 22.0. The monoisotopic (exact) mass is 269 g/mol. The van der Waals surface area contributed by atoms with Gasteiger partial charge < -0.3 is 9.64 Å². The number of hydrogen-bond donors (Lipinski definition) is 0. The van der Waals surface area contributed by atoms with Gasteiger partial charge in [-0.2, -0.15) is 0 Å². The first-order valence-electron chi connectivity index (χ1n) is 6.10. The van der Waals surface area contributed by atoms with Gasteiger partial charge >= 0.3 is 5.97 Å². The Hall–Kier alpha value is -1.36. The van der Waals surface area contributed by atoms with Gasteiger partial charge in [-0.3, -0.25) is 4.79 Å². The van der Waals surface area contributed by atoms with Gasteiger partial charge in [-0.1, -0.05) is 11.6 Å². The molecule has 0 amide bonds. The Morgan fingerprint density at radius 2 is 2.06 bits per heavy atom. The molecule has 0 radical (unpaired) electrons. The molecule has 0 spiro atoms. The van der Waals surface area contributed by atoms with E-state index in [2.05, 4.69) is 14.9 Å². The number of esters is 1. The summed E-state index contributed by atoms with van der Waals surface area (Å²) >= 11 is 5.75. The molecule has 0 atom stereocenters.